The van der Waals surface area contributed by atoms with E-state index in [0.29, 0.717) is 36.6 Å². The van der Waals surface area contributed by atoms with Crippen molar-refractivity contribution in [1.82, 2.24) is 16.0 Å². The van der Waals surface area contributed by atoms with Gasteiger partial charge in [0.1, 0.15) is 5.75 Å². The molecule has 0 heterocycles. The lowest BCUT2D eigenvalue weighted by Crippen LogP contribution is -2.38. The van der Waals surface area contributed by atoms with E-state index in [1.54, 1.807) is 25.2 Å². The van der Waals surface area contributed by atoms with Crippen LogP contribution in [0.4, 0.5) is 8.78 Å². The lowest BCUT2D eigenvalue weighted by molar-refractivity contribution is -0.0504. The minimum atomic E-state index is -2.88. The van der Waals surface area contributed by atoms with Crippen LogP contribution in [0.2, 0.25) is 0 Å². The number of nitrogens with one attached hydrogen (secondary N) is 3. The molecular weight excluding hydrogens is 390 g/mol. The third kappa shape index (κ3) is 7.35. The van der Waals surface area contributed by atoms with Gasteiger partial charge >= 0.3 is 6.61 Å². The number of guanidine groups is 1. The molecule has 0 aliphatic rings. The van der Waals surface area contributed by atoms with Gasteiger partial charge in [-0.05, 0) is 44.0 Å². The van der Waals surface area contributed by atoms with Crippen LogP contribution in [-0.4, -0.2) is 38.6 Å². The van der Waals surface area contributed by atoms with Crippen molar-refractivity contribution in [3.8, 4) is 5.75 Å². The summed E-state index contributed by atoms with van der Waals surface area (Å²) in [5.41, 5.74) is 3.16. The molecule has 0 unspecified atom stereocenters. The molecule has 0 saturated carbocycles. The van der Waals surface area contributed by atoms with Gasteiger partial charge in [0.05, 0.1) is 6.54 Å². The number of carbonyl (C=O) groups is 1. The van der Waals surface area contributed by atoms with Crippen molar-refractivity contribution in [3.63, 3.8) is 0 Å². The average molecular weight is 418 g/mol. The van der Waals surface area contributed by atoms with Gasteiger partial charge in [0.25, 0.3) is 5.91 Å². The van der Waals surface area contributed by atoms with Gasteiger partial charge in [0.2, 0.25) is 0 Å². The summed E-state index contributed by atoms with van der Waals surface area (Å²) in [4.78, 5) is 16.2. The van der Waals surface area contributed by atoms with E-state index in [2.05, 4.69) is 25.7 Å². The molecule has 2 aromatic rings. The number of halogens is 2. The second kappa shape index (κ2) is 11.7. The summed E-state index contributed by atoms with van der Waals surface area (Å²) < 4.78 is 29.9. The normalized spacial score (nSPS) is 11.3. The van der Waals surface area contributed by atoms with E-state index in [4.69, 9.17) is 0 Å². The molecule has 162 valence electrons. The van der Waals surface area contributed by atoms with Crippen LogP contribution in [0.1, 0.15) is 34.0 Å². The molecule has 30 heavy (non-hydrogen) atoms. The van der Waals surface area contributed by atoms with E-state index >= 15 is 0 Å². The summed E-state index contributed by atoms with van der Waals surface area (Å²) in [6.07, 6.45) is 0.694. The van der Waals surface area contributed by atoms with E-state index < -0.39 is 6.61 Å². The highest BCUT2D eigenvalue weighted by atomic mass is 19.3. The van der Waals surface area contributed by atoms with E-state index in [1.165, 1.54) is 6.07 Å². The Morgan fingerprint density at radius 3 is 2.67 bits per heavy atom. The monoisotopic (exact) mass is 418 g/mol. The maximum absolute atomic E-state index is 12.6. The quantitative estimate of drug-likeness (QED) is 0.432. The van der Waals surface area contributed by atoms with Crippen molar-refractivity contribution in [2.75, 3.05) is 20.1 Å². The largest absolute Gasteiger partial charge is 0.434 e. The van der Waals surface area contributed by atoms with Crippen LogP contribution in [0.25, 0.3) is 0 Å². The molecule has 0 saturated heterocycles. The number of ether oxygens (including phenoxy) is 1. The van der Waals surface area contributed by atoms with E-state index in [0.717, 1.165) is 11.1 Å². The van der Waals surface area contributed by atoms with Gasteiger partial charge in [-0.2, -0.15) is 8.78 Å². The smallest absolute Gasteiger partial charge is 0.387 e. The molecule has 6 nitrogen and oxygen atoms in total. The van der Waals surface area contributed by atoms with Crippen molar-refractivity contribution in [2.45, 2.75) is 33.4 Å². The minimum Gasteiger partial charge on any atom is -0.434 e. The number of aliphatic imine (C=N–C) groups is 1. The van der Waals surface area contributed by atoms with Crippen LogP contribution in [0, 0.1) is 6.92 Å². The Labute approximate surface area is 175 Å². The number of aryl methyl sites for hydroxylation is 1. The zero-order chi connectivity index (χ0) is 21.9. The molecule has 8 heteroatoms. The highest BCUT2D eigenvalue weighted by Gasteiger charge is 2.10. The molecule has 0 radical (unpaired) electrons. The zero-order valence-corrected chi connectivity index (χ0v) is 17.5. The van der Waals surface area contributed by atoms with Crippen LogP contribution >= 0.6 is 0 Å². The maximum atomic E-state index is 12.6. The summed E-state index contributed by atoms with van der Waals surface area (Å²) in [7, 11) is 1.60. The molecule has 0 spiro atoms. The Kier molecular flexibility index (Phi) is 9.05. The summed E-state index contributed by atoms with van der Waals surface area (Å²) in [6.45, 7) is 2.40. The summed E-state index contributed by atoms with van der Waals surface area (Å²) >= 11 is 0. The number of carbonyl (C=O) groups excluding carboxylic acids is 1. The first-order valence-corrected chi connectivity index (χ1v) is 9.80. The molecule has 2 aromatic carbocycles. The predicted octanol–water partition coefficient (Wildman–Crippen LogP) is 3.25. The van der Waals surface area contributed by atoms with Gasteiger partial charge < -0.3 is 20.7 Å². The van der Waals surface area contributed by atoms with Gasteiger partial charge in [-0.3, -0.25) is 4.79 Å². The van der Waals surface area contributed by atoms with Gasteiger partial charge in [-0.25, -0.2) is 4.99 Å². The molecule has 0 aliphatic carbocycles. The molecule has 0 aliphatic heterocycles. The summed E-state index contributed by atoms with van der Waals surface area (Å²) in [6, 6.07) is 12.5. The minimum absolute atomic E-state index is 0.125. The second-order valence-corrected chi connectivity index (χ2v) is 6.64. The first kappa shape index (κ1) is 23.1. The number of benzene rings is 2. The van der Waals surface area contributed by atoms with Crippen LogP contribution in [0.15, 0.2) is 47.5 Å². The first-order valence-electron chi connectivity index (χ1n) is 9.80. The van der Waals surface area contributed by atoms with Crippen molar-refractivity contribution in [1.29, 1.82) is 0 Å². The fourth-order valence-electron chi connectivity index (χ4n) is 2.89. The number of nitrogens with zero attached hydrogens (tertiary/aromatic N) is 1. The highest BCUT2D eigenvalue weighted by Crippen LogP contribution is 2.22. The number of amides is 1. The SMILES string of the molecule is CCNC(=NCc1cc(C)ccc1OC(F)F)NCCc1cccc(C(=O)NC)c1. The number of rotatable bonds is 9. The molecule has 0 aromatic heterocycles. The Balaban J connectivity index is 2.02. The Morgan fingerprint density at radius 2 is 1.97 bits per heavy atom. The second-order valence-electron chi connectivity index (χ2n) is 6.64. The fraction of sp³-hybridized carbons (Fsp3) is 0.364. The Bertz CT molecular complexity index is 872. The van der Waals surface area contributed by atoms with Crippen LogP contribution in [-0.2, 0) is 13.0 Å². The first-order chi connectivity index (χ1) is 14.4. The van der Waals surface area contributed by atoms with E-state index in [9.17, 15) is 13.6 Å². The van der Waals surface area contributed by atoms with Crippen LogP contribution in [0.3, 0.4) is 0 Å². The van der Waals surface area contributed by atoms with Gasteiger partial charge in [0, 0.05) is 31.3 Å². The summed E-state index contributed by atoms with van der Waals surface area (Å²) in [5.74, 6) is 0.574. The number of hydrogen-bond acceptors (Lipinski definition) is 3. The molecule has 0 bridgehead atoms. The lowest BCUT2D eigenvalue weighted by Gasteiger charge is -2.13. The average Bonchev–Trinajstić information content (AvgIpc) is 2.73. The Hall–Kier alpha value is -3.16. The molecule has 3 N–H and O–H groups in total. The van der Waals surface area contributed by atoms with Crippen molar-refractivity contribution in [3.05, 3.63) is 64.7 Å². The molecule has 1 amide bonds. The van der Waals surface area contributed by atoms with Crippen LogP contribution < -0.4 is 20.7 Å². The van der Waals surface area contributed by atoms with Gasteiger partial charge in [-0.15, -0.1) is 0 Å². The zero-order valence-electron chi connectivity index (χ0n) is 17.5. The lowest BCUT2D eigenvalue weighted by atomic mass is 10.1. The predicted molar refractivity (Wildman–Crippen MR) is 114 cm³/mol. The van der Waals surface area contributed by atoms with E-state index in [-0.39, 0.29) is 18.2 Å². The summed E-state index contributed by atoms with van der Waals surface area (Å²) in [5, 5.41) is 8.98. The van der Waals surface area contributed by atoms with Gasteiger partial charge in [-0.1, -0.05) is 29.8 Å². The fourth-order valence-corrected chi connectivity index (χ4v) is 2.89. The van der Waals surface area contributed by atoms with Crippen LogP contribution in [0.5, 0.6) is 5.75 Å². The van der Waals surface area contributed by atoms with Crippen molar-refractivity contribution >= 4 is 11.9 Å². The topological polar surface area (TPSA) is 74.8 Å². The van der Waals surface area contributed by atoms with E-state index in [1.807, 2.05) is 32.0 Å². The number of hydrogen-bond donors (Lipinski definition) is 3. The Morgan fingerprint density at radius 1 is 1.17 bits per heavy atom. The molecular formula is C22H28F2N4O2. The van der Waals surface area contributed by atoms with Gasteiger partial charge in [0.15, 0.2) is 5.96 Å². The third-order valence-electron chi connectivity index (χ3n) is 4.31. The van der Waals surface area contributed by atoms with Crippen molar-refractivity contribution in [2.24, 2.45) is 4.99 Å². The highest BCUT2D eigenvalue weighted by molar-refractivity contribution is 5.94. The van der Waals surface area contributed by atoms with Crippen molar-refractivity contribution < 1.29 is 18.3 Å². The standard InChI is InChI=1S/C22H28F2N4O2/c1-4-26-22(27-11-10-16-6-5-7-17(13-16)20(29)25-3)28-14-18-12-15(2)8-9-19(18)30-21(23)24/h5-9,12-13,21H,4,10-11,14H2,1-3H3,(H,25,29)(H2,26,27,28). The molecule has 0 atom stereocenters. The number of alkyl halides is 2. The third-order valence-corrected chi connectivity index (χ3v) is 4.31. The maximum Gasteiger partial charge on any atom is 0.387 e. The molecule has 2 rings (SSSR count). The molecule has 0 fully saturated rings.